The number of methoxy groups -OCH3 is 1. The van der Waals surface area contributed by atoms with Crippen molar-refractivity contribution in [2.45, 2.75) is 19.3 Å². The molecule has 6 nitrogen and oxygen atoms in total. The lowest BCUT2D eigenvalue weighted by molar-refractivity contribution is -0.120. The number of carbonyl (C=O) groups excluding carboxylic acids is 1. The van der Waals surface area contributed by atoms with E-state index in [2.05, 4.69) is 20.9 Å². The van der Waals surface area contributed by atoms with E-state index in [0.717, 1.165) is 30.9 Å². The van der Waals surface area contributed by atoms with E-state index in [4.69, 9.17) is 16.3 Å². The van der Waals surface area contributed by atoms with Crippen molar-refractivity contribution in [2.24, 2.45) is 0 Å². The summed E-state index contributed by atoms with van der Waals surface area (Å²) in [6.45, 7) is 2.02. The lowest BCUT2D eigenvalue weighted by Crippen LogP contribution is -2.26. The highest BCUT2D eigenvalue weighted by atomic mass is 35.5. The van der Waals surface area contributed by atoms with Gasteiger partial charge in [0.15, 0.2) is 0 Å². The molecular weight excluding hydrogens is 352 g/mol. The molecule has 1 heterocycles. The maximum absolute atomic E-state index is 11.9. The van der Waals surface area contributed by atoms with Gasteiger partial charge in [-0.1, -0.05) is 17.7 Å². The van der Waals surface area contributed by atoms with Crippen LogP contribution < -0.4 is 20.7 Å². The first-order valence-electron chi connectivity index (χ1n) is 8.68. The van der Waals surface area contributed by atoms with E-state index in [9.17, 15) is 4.79 Å². The van der Waals surface area contributed by atoms with E-state index < -0.39 is 0 Å². The van der Waals surface area contributed by atoms with E-state index >= 15 is 0 Å². The zero-order valence-corrected chi connectivity index (χ0v) is 15.7. The van der Waals surface area contributed by atoms with Crippen LogP contribution in [0.2, 0.25) is 5.02 Å². The van der Waals surface area contributed by atoms with Crippen LogP contribution in [0.3, 0.4) is 0 Å². The van der Waals surface area contributed by atoms with Gasteiger partial charge in [-0.05, 0) is 43.2 Å². The number of carbonyl (C=O) groups is 1. The number of hydrogen-bond acceptors (Lipinski definition) is 5. The van der Waals surface area contributed by atoms with Crippen molar-refractivity contribution in [3.63, 3.8) is 0 Å². The first kappa shape index (κ1) is 19.8. The number of unbranched alkanes of at least 4 members (excludes halogenated alkanes) is 1. The fourth-order valence-electron chi connectivity index (χ4n) is 2.38. The van der Waals surface area contributed by atoms with Crippen molar-refractivity contribution in [1.82, 2.24) is 10.3 Å². The summed E-state index contributed by atoms with van der Waals surface area (Å²) in [6, 6.07) is 11.1. The van der Waals surface area contributed by atoms with E-state index in [1.165, 1.54) is 0 Å². The van der Waals surface area contributed by atoms with E-state index in [1.807, 2.05) is 18.2 Å². The minimum Gasteiger partial charge on any atom is -0.495 e. The van der Waals surface area contributed by atoms with Crippen LogP contribution in [-0.2, 0) is 4.79 Å². The van der Waals surface area contributed by atoms with E-state index in [1.54, 1.807) is 31.5 Å². The van der Waals surface area contributed by atoms with Gasteiger partial charge in [0, 0.05) is 37.3 Å². The molecule has 0 radical (unpaired) electrons. The molecule has 1 aromatic carbocycles. The fraction of sp³-hybridized carbons (Fsp3) is 0.368. The molecule has 140 valence electrons. The summed E-state index contributed by atoms with van der Waals surface area (Å²) in [4.78, 5) is 16.1. The molecule has 2 rings (SSSR count). The quantitative estimate of drug-likeness (QED) is 0.523. The second-order valence-electron chi connectivity index (χ2n) is 5.72. The SMILES string of the molecule is COc1ccc(Cl)cc1NCCC(=O)NCCCCNc1ccccn1. The molecule has 0 fully saturated rings. The number of pyridine rings is 1. The van der Waals surface area contributed by atoms with Gasteiger partial charge in [-0.25, -0.2) is 4.98 Å². The molecule has 0 saturated heterocycles. The van der Waals surface area contributed by atoms with Crippen molar-refractivity contribution in [1.29, 1.82) is 0 Å². The third-order valence-corrected chi connectivity index (χ3v) is 3.96. The van der Waals surface area contributed by atoms with Gasteiger partial charge < -0.3 is 20.7 Å². The van der Waals surface area contributed by atoms with Crippen LogP contribution in [0.1, 0.15) is 19.3 Å². The van der Waals surface area contributed by atoms with E-state index in [0.29, 0.717) is 30.3 Å². The van der Waals surface area contributed by atoms with Crippen LogP contribution in [0, 0.1) is 0 Å². The minimum atomic E-state index is 0.0242. The van der Waals surface area contributed by atoms with Crippen LogP contribution >= 0.6 is 11.6 Å². The molecule has 0 atom stereocenters. The predicted octanol–water partition coefficient (Wildman–Crippen LogP) is 3.55. The van der Waals surface area contributed by atoms with Crippen molar-refractivity contribution in [3.8, 4) is 5.75 Å². The number of halogens is 1. The van der Waals surface area contributed by atoms with Gasteiger partial charge in [-0.2, -0.15) is 0 Å². The Morgan fingerprint density at radius 1 is 1.12 bits per heavy atom. The number of anilines is 2. The van der Waals surface area contributed by atoms with Crippen LogP contribution in [0.5, 0.6) is 5.75 Å². The third-order valence-electron chi connectivity index (χ3n) is 3.73. The molecule has 3 N–H and O–H groups in total. The van der Waals surface area contributed by atoms with Gasteiger partial charge in [0.25, 0.3) is 0 Å². The van der Waals surface area contributed by atoms with Gasteiger partial charge in [0.1, 0.15) is 11.6 Å². The molecule has 7 heteroatoms. The fourth-order valence-corrected chi connectivity index (χ4v) is 2.55. The molecule has 0 aliphatic carbocycles. The van der Waals surface area contributed by atoms with Crippen LogP contribution in [0.15, 0.2) is 42.6 Å². The predicted molar refractivity (Wildman–Crippen MR) is 106 cm³/mol. The summed E-state index contributed by atoms with van der Waals surface area (Å²) in [5.41, 5.74) is 0.786. The number of hydrogen-bond donors (Lipinski definition) is 3. The molecule has 1 aromatic heterocycles. The number of amides is 1. The second-order valence-corrected chi connectivity index (χ2v) is 6.16. The Morgan fingerprint density at radius 2 is 1.96 bits per heavy atom. The van der Waals surface area contributed by atoms with Gasteiger partial charge in [0.2, 0.25) is 5.91 Å². The molecule has 0 bridgehead atoms. The minimum absolute atomic E-state index is 0.0242. The zero-order chi connectivity index (χ0) is 18.6. The number of benzene rings is 1. The lowest BCUT2D eigenvalue weighted by atomic mass is 10.2. The average Bonchev–Trinajstić information content (AvgIpc) is 2.65. The molecule has 26 heavy (non-hydrogen) atoms. The molecule has 1 amide bonds. The van der Waals surface area contributed by atoms with Crippen LogP contribution in [0.4, 0.5) is 11.5 Å². The Morgan fingerprint density at radius 3 is 2.73 bits per heavy atom. The Balaban J connectivity index is 1.54. The molecule has 0 unspecified atom stereocenters. The average molecular weight is 377 g/mol. The van der Waals surface area contributed by atoms with Crippen LogP contribution in [-0.4, -0.2) is 37.6 Å². The summed E-state index contributed by atoms with van der Waals surface area (Å²) in [5, 5.41) is 9.97. The summed E-state index contributed by atoms with van der Waals surface area (Å²) < 4.78 is 5.26. The highest BCUT2D eigenvalue weighted by molar-refractivity contribution is 6.30. The highest BCUT2D eigenvalue weighted by Gasteiger charge is 2.05. The monoisotopic (exact) mass is 376 g/mol. The Bertz CT molecular complexity index is 682. The Labute approximate surface area is 159 Å². The van der Waals surface area contributed by atoms with Crippen molar-refractivity contribution in [2.75, 3.05) is 37.4 Å². The third kappa shape index (κ3) is 7.19. The molecule has 0 aliphatic rings. The first-order chi connectivity index (χ1) is 12.7. The molecule has 2 aromatic rings. The number of ether oxygens (including phenoxy) is 1. The van der Waals surface area contributed by atoms with Gasteiger partial charge in [-0.15, -0.1) is 0 Å². The normalized spacial score (nSPS) is 10.2. The Kier molecular flexibility index (Phi) is 8.55. The molecule has 0 aliphatic heterocycles. The standard InChI is InChI=1S/C19H25ClN4O2/c1-26-17-8-7-15(20)14-16(17)21-13-9-19(25)24-12-5-4-11-23-18-6-2-3-10-22-18/h2-3,6-8,10,14,21H,4-5,9,11-13H2,1H3,(H,22,23)(H,24,25). The first-order valence-corrected chi connectivity index (χ1v) is 9.06. The maximum atomic E-state index is 11.9. The Hall–Kier alpha value is -2.47. The van der Waals surface area contributed by atoms with Gasteiger partial charge >= 0.3 is 0 Å². The smallest absolute Gasteiger partial charge is 0.221 e. The summed E-state index contributed by atoms with van der Waals surface area (Å²) >= 11 is 5.98. The maximum Gasteiger partial charge on any atom is 0.221 e. The van der Waals surface area contributed by atoms with E-state index in [-0.39, 0.29) is 5.91 Å². The van der Waals surface area contributed by atoms with Gasteiger partial charge in [0.05, 0.1) is 12.8 Å². The summed E-state index contributed by atoms with van der Waals surface area (Å²) in [6.07, 6.45) is 4.04. The topological polar surface area (TPSA) is 75.3 Å². The van der Waals surface area contributed by atoms with Crippen LogP contribution in [0.25, 0.3) is 0 Å². The molecule has 0 saturated carbocycles. The van der Waals surface area contributed by atoms with Crippen molar-refractivity contribution >= 4 is 29.0 Å². The molecular formula is C19H25ClN4O2. The number of nitrogens with one attached hydrogen (secondary N) is 3. The lowest BCUT2D eigenvalue weighted by Gasteiger charge is -2.11. The second kappa shape index (κ2) is 11.2. The zero-order valence-electron chi connectivity index (χ0n) is 14.9. The highest BCUT2D eigenvalue weighted by Crippen LogP contribution is 2.27. The number of aromatic nitrogens is 1. The largest absolute Gasteiger partial charge is 0.495 e. The summed E-state index contributed by atoms with van der Waals surface area (Å²) in [7, 11) is 1.60. The molecule has 0 spiro atoms. The van der Waals surface area contributed by atoms with Crippen molar-refractivity contribution < 1.29 is 9.53 Å². The number of nitrogens with zero attached hydrogens (tertiary/aromatic N) is 1. The summed E-state index contributed by atoms with van der Waals surface area (Å²) in [5.74, 6) is 1.60. The van der Waals surface area contributed by atoms with Crippen molar-refractivity contribution in [3.05, 3.63) is 47.6 Å². The van der Waals surface area contributed by atoms with Gasteiger partial charge in [-0.3, -0.25) is 4.79 Å². The number of rotatable bonds is 11.